The number of allylic oxidation sites excluding steroid dienone is 1. The SMILES string of the molecule is C[C@]12CC[C@@H]3[C@@H](CC=C4CCCC(O)[C@@]43C)[C@@H]1CCC2N. The molecule has 2 nitrogen and oxygen atoms in total. The second-order valence-corrected chi connectivity index (χ2v) is 8.76. The number of hydrogen-bond donors (Lipinski definition) is 2. The molecule has 0 amide bonds. The lowest BCUT2D eigenvalue weighted by Gasteiger charge is -2.58. The lowest BCUT2D eigenvalue weighted by Crippen LogP contribution is -2.55. The summed E-state index contributed by atoms with van der Waals surface area (Å²) in [5.41, 5.74) is 8.48. The van der Waals surface area contributed by atoms with Crippen molar-refractivity contribution in [1.82, 2.24) is 0 Å². The Morgan fingerprint density at radius 1 is 1.14 bits per heavy atom. The van der Waals surface area contributed by atoms with Gasteiger partial charge in [-0.25, -0.2) is 0 Å². The molecule has 0 radical (unpaired) electrons. The Morgan fingerprint density at radius 2 is 1.95 bits per heavy atom. The molecule has 0 spiro atoms. The van der Waals surface area contributed by atoms with E-state index in [0.29, 0.717) is 17.4 Å². The van der Waals surface area contributed by atoms with E-state index in [0.717, 1.165) is 18.3 Å². The normalized spacial score (nSPS) is 56.2. The van der Waals surface area contributed by atoms with Gasteiger partial charge in [-0.15, -0.1) is 0 Å². The van der Waals surface area contributed by atoms with Crippen LogP contribution in [0.25, 0.3) is 0 Å². The van der Waals surface area contributed by atoms with Crippen LogP contribution < -0.4 is 5.73 Å². The van der Waals surface area contributed by atoms with Crippen molar-refractivity contribution in [2.24, 2.45) is 34.3 Å². The van der Waals surface area contributed by atoms with Crippen LogP contribution in [0.2, 0.25) is 0 Å². The highest BCUT2D eigenvalue weighted by Crippen LogP contribution is 2.64. The minimum absolute atomic E-state index is 0.0647. The highest BCUT2D eigenvalue weighted by molar-refractivity contribution is 5.26. The Balaban J connectivity index is 1.72. The maximum absolute atomic E-state index is 10.8. The van der Waals surface area contributed by atoms with Gasteiger partial charge in [0.05, 0.1) is 6.10 Å². The molecule has 2 heteroatoms. The summed E-state index contributed by atoms with van der Waals surface area (Å²) in [4.78, 5) is 0. The monoisotopic (exact) mass is 289 g/mol. The Labute approximate surface area is 129 Å². The second kappa shape index (κ2) is 4.58. The van der Waals surface area contributed by atoms with Crippen LogP contribution >= 0.6 is 0 Å². The van der Waals surface area contributed by atoms with E-state index < -0.39 is 0 Å². The van der Waals surface area contributed by atoms with Gasteiger partial charge >= 0.3 is 0 Å². The Morgan fingerprint density at radius 3 is 2.76 bits per heavy atom. The molecule has 3 fully saturated rings. The zero-order valence-electron chi connectivity index (χ0n) is 13.6. The van der Waals surface area contributed by atoms with Gasteiger partial charge in [0.2, 0.25) is 0 Å². The van der Waals surface area contributed by atoms with E-state index in [2.05, 4.69) is 19.9 Å². The quantitative estimate of drug-likeness (QED) is 0.669. The first-order valence-corrected chi connectivity index (χ1v) is 9.11. The van der Waals surface area contributed by atoms with Crippen LogP contribution in [-0.4, -0.2) is 17.3 Å². The van der Waals surface area contributed by atoms with Crippen molar-refractivity contribution in [2.45, 2.75) is 77.4 Å². The molecule has 4 aliphatic rings. The van der Waals surface area contributed by atoms with Crippen molar-refractivity contribution in [3.63, 3.8) is 0 Å². The minimum Gasteiger partial charge on any atom is -0.392 e. The number of hydrogen-bond acceptors (Lipinski definition) is 2. The van der Waals surface area contributed by atoms with Gasteiger partial charge in [-0.2, -0.15) is 0 Å². The third-order valence-electron chi connectivity index (χ3n) is 8.22. The molecule has 0 heterocycles. The molecule has 118 valence electrons. The molecule has 0 aromatic rings. The van der Waals surface area contributed by atoms with Gasteiger partial charge in [-0.3, -0.25) is 0 Å². The van der Waals surface area contributed by atoms with Crippen LogP contribution in [0, 0.1) is 28.6 Å². The molecule has 0 aromatic heterocycles. The molecule has 4 rings (SSSR count). The summed E-state index contributed by atoms with van der Waals surface area (Å²) in [6.45, 7) is 4.82. The van der Waals surface area contributed by atoms with Crippen molar-refractivity contribution in [1.29, 1.82) is 0 Å². The molecule has 0 saturated heterocycles. The average molecular weight is 289 g/mol. The zero-order chi connectivity index (χ0) is 14.8. The maximum atomic E-state index is 10.8. The van der Waals surface area contributed by atoms with Crippen LogP contribution in [0.4, 0.5) is 0 Å². The number of aliphatic hydroxyl groups excluding tert-OH is 1. The van der Waals surface area contributed by atoms with Crippen molar-refractivity contribution in [3.8, 4) is 0 Å². The molecule has 0 bridgehead atoms. The first-order chi connectivity index (χ1) is 9.98. The summed E-state index contributed by atoms with van der Waals surface area (Å²) in [5.74, 6) is 2.24. The van der Waals surface area contributed by atoms with E-state index in [1.54, 1.807) is 5.57 Å². The summed E-state index contributed by atoms with van der Waals surface area (Å²) in [6, 6.07) is 0.401. The van der Waals surface area contributed by atoms with E-state index in [1.807, 2.05) is 0 Å². The Bertz CT molecular complexity index is 472. The van der Waals surface area contributed by atoms with Crippen LogP contribution in [0.1, 0.15) is 65.2 Å². The third-order valence-corrected chi connectivity index (χ3v) is 8.22. The predicted molar refractivity (Wildman–Crippen MR) is 85.7 cm³/mol. The third kappa shape index (κ3) is 1.72. The molecule has 7 atom stereocenters. The fourth-order valence-corrected chi connectivity index (χ4v) is 6.76. The Hall–Kier alpha value is -0.340. The number of aliphatic hydroxyl groups is 1. The summed E-state index contributed by atoms with van der Waals surface area (Å²) in [6.07, 6.45) is 12.1. The molecule has 4 aliphatic carbocycles. The van der Waals surface area contributed by atoms with Gasteiger partial charge in [-0.1, -0.05) is 25.5 Å². The topological polar surface area (TPSA) is 46.2 Å². The average Bonchev–Trinajstić information content (AvgIpc) is 2.76. The van der Waals surface area contributed by atoms with E-state index in [-0.39, 0.29) is 11.5 Å². The van der Waals surface area contributed by atoms with Gasteiger partial charge in [0, 0.05) is 11.5 Å². The first kappa shape index (κ1) is 14.3. The fraction of sp³-hybridized carbons (Fsp3) is 0.895. The van der Waals surface area contributed by atoms with Crippen LogP contribution in [0.15, 0.2) is 11.6 Å². The number of fused-ring (bicyclic) bond motifs is 5. The highest BCUT2D eigenvalue weighted by atomic mass is 16.3. The van der Waals surface area contributed by atoms with E-state index in [9.17, 15) is 5.11 Å². The molecule has 3 N–H and O–H groups in total. The van der Waals surface area contributed by atoms with Crippen molar-refractivity contribution in [3.05, 3.63) is 11.6 Å². The second-order valence-electron chi connectivity index (χ2n) is 8.76. The molecule has 2 unspecified atom stereocenters. The number of rotatable bonds is 0. The molecule has 21 heavy (non-hydrogen) atoms. The van der Waals surface area contributed by atoms with E-state index in [4.69, 9.17) is 5.73 Å². The summed E-state index contributed by atoms with van der Waals surface area (Å²) in [7, 11) is 0. The zero-order valence-corrected chi connectivity index (χ0v) is 13.6. The smallest absolute Gasteiger partial charge is 0.0633 e. The van der Waals surface area contributed by atoms with Crippen LogP contribution in [0.3, 0.4) is 0 Å². The maximum Gasteiger partial charge on any atom is 0.0633 e. The molecular weight excluding hydrogens is 258 g/mol. The van der Waals surface area contributed by atoms with Gasteiger partial charge in [-0.05, 0) is 74.5 Å². The van der Waals surface area contributed by atoms with Crippen molar-refractivity contribution >= 4 is 0 Å². The standard InChI is InChI=1S/C19H31NO/c1-18-11-10-15-13(14(18)8-9-16(18)20)7-6-12-4-3-5-17(21)19(12,15)2/h6,13-17,21H,3-5,7-11,20H2,1-2H3/t13-,14-,15+,16?,17?,18-,19-/m0/s1. The highest BCUT2D eigenvalue weighted by Gasteiger charge is 2.59. The van der Waals surface area contributed by atoms with Crippen molar-refractivity contribution < 1.29 is 5.11 Å². The van der Waals surface area contributed by atoms with Crippen LogP contribution in [-0.2, 0) is 0 Å². The van der Waals surface area contributed by atoms with Gasteiger partial charge in [0.1, 0.15) is 0 Å². The van der Waals surface area contributed by atoms with E-state index in [1.165, 1.54) is 44.9 Å². The van der Waals surface area contributed by atoms with E-state index >= 15 is 0 Å². The molecule has 0 aliphatic heterocycles. The summed E-state index contributed by atoms with van der Waals surface area (Å²) in [5, 5.41) is 10.8. The fourth-order valence-electron chi connectivity index (χ4n) is 6.76. The Kier molecular flexibility index (Phi) is 3.11. The van der Waals surface area contributed by atoms with Crippen molar-refractivity contribution in [2.75, 3.05) is 0 Å². The largest absolute Gasteiger partial charge is 0.392 e. The summed E-state index contributed by atoms with van der Waals surface area (Å²) < 4.78 is 0. The van der Waals surface area contributed by atoms with Gasteiger partial charge in [0.15, 0.2) is 0 Å². The molecule has 0 aromatic carbocycles. The molecular formula is C19H31NO. The predicted octanol–water partition coefficient (Wildman–Crippen LogP) is 3.64. The first-order valence-electron chi connectivity index (χ1n) is 9.11. The van der Waals surface area contributed by atoms with Gasteiger partial charge < -0.3 is 10.8 Å². The lowest BCUT2D eigenvalue weighted by molar-refractivity contribution is -0.0836. The molecule has 3 saturated carbocycles. The minimum atomic E-state index is -0.121. The van der Waals surface area contributed by atoms with Gasteiger partial charge in [0.25, 0.3) is 0 Å². The van der Waals surface area contributed by atoms with Crippen LogP contribution in [0.5, 0.6) is 0 Å². The summed E-state index contributed by atoms with van der Waals surface area (Å²) >= 11 is 0. The lowest BCUT2D eigenvalue weighted by atomic mass is 9.47. The number of nitrogens with two attached hydrogens (primary N) is 1.